The van der Waals surface area contributed by atoms with Crippen molar-refractivity contribution in [3.8, 4) is 0 Å². The number of nitrogens with one attached hydrogen (secondary N) is 1. The van der Waals surface area contributed by atoms with Crippen LogP contribution in [0.3, 0.4) is 0 Å². The smallest absolute Gasteiger partial charge is 0.200 e. The van der Waals surface area contributed by atoms with E-state index in [1.165, 1.54) is 24.4 Å². The van der Waals surface area contributed by atoms with Crippen LogP contribution < -0.4 is 5.32 Å². The second kappa shape index (κ2) is 5.07. The number of nitrogens with zero attached hydrogens (tertiary/aromatic N) is 1. The molecule has 1 saturated carbocycles. The maximum atomic E-state index is 13.3. The number of anilines is 1. The van der Waals surface area contributed by atoms with Gasteiger partial charge < -0.3 is 9.84 Å². The van der Waals surface area contributed by atoms with Gasteiger partial charge in [0.25, 0.3) is 0 Å². The van der Waals surface area contributed by atoms with Gasteiger partial charge in [-0.15, -0.1) is 0 Å². The summed E-state index contributed by atoms with van der Waals surface area (Å²) in [7, 11) is 0. The molecule has 0 unspecified atom stereocenters. The van der Waals surface area contributed by atoms with Gasteiger partial charge in [-0.05, 0) is 38.0 Å². The Balaban J connectivity index is 1.99. The Bertz CT molecular complexity index is 647. The Morgan fingerprint density at radius 2 is 2.25 bits per heavy atom. The minimum Gasteiger partial charge on any atom is -0.385 e. The van der Waals surface area contributed by atoms with Crippen LogP contribution in [0.2, 0.25) is 0 Å². The van der Waals surface area contributed by atoms with Crippen LogP contribution in [0.1, 0.15) is 47.4 Å². The summed E-state index contributed by atoms with van der Waals surface area (Å²) < 4.78 is 18.5. The van der Waals surface area contributed by atoms with E-state index in [0.29, 0.717) is 35.0 Å². The summed E-state index contributed by atoms with van der Waals surface area (Å²) in [5, 5.41) is 6.75. The third kappa shape index (κ3) is 2.31. The molecule has 1 N–H and O–H groups in total. The van der Waals surface area contributed by atoms with Crippen molar-refractivity contribution < 1.29 is 13.7 Å². The Kier molecular flexibility index (Phi) is 3.26. The van der Waals surface area contributed by atoms with Gasteiger partial charge in [0.1, 0.15) is 5.82 Å². The number of ketones is 1. The van der Waals surface area contributed by atoms with Crippen LogP contribution in [0.25, 0.3) is 0 Å². The van der Waals surface area contributed by atoms with E-state index in [2.05, 4.69) is 10.5 Å². The van der Waals surface area contributed by atoms with Gasteiger partial charge in [-0.25, -0.2) is 4.39 Å². The predicted octanol–water partition coefficient (Wildman–Crippen LogP) is 3.35. The minimum absolute atomic E-state index is 0.177. The Morgan fingerprint density at radius 3 is 2.95 bits per heavy atom. The number of carbonyl (C=O) groups is 1. The first-order valence-corrected chi connectivity index (χ1v) is 6.73. The molecule has 2 aromatic rings. The Labute approximate surface area is 116 Å². The molecule has 1 aromatic heterocycles. The molecule has 1 aromatic carbocycles. The van der Waals surface area contributed by atoms with E-state index in [1.54, 1.807) is 0 Å². The van der Waals surface area contributed by atoms with Gasteiger partial charge in [0, 0.05) is 23.7 Å². The van der Waals surface area contributed by atoms with Gasteiger partial charge in [-0.1, -0.05) is 5.16 Å². The molecule has 20 heavy (non-hydrogen) atoms. The van der Waals surface area contributed by atoms with Crippen LogP contribution in [0, 0.1) is 5.82 Å². The molecule has 0 aliphatic heterocycles. The SMILES string of the molecule is CCNc1cc(F)ccc1C(=O)c1cnoc1C1CC1. The van der Waals surface area contributed by atoms with Crippen molar-refractivity contribution in [3.05, 3.63) is 47.1 Å². The number of carbonyl (C=O) groups excluding carboxylic acids is 1. The molecule has 3 rings (SSSR count). The average Bonchev–Trinajstić information content (AvgIpc) is 3.16. The first kappa shape index (κ1) is 12.8. The van der Waals surface area contributed by atoms with E-state index >= 15 is 0 Å². The van der Waals surface area contributed by atoms with E-state index in [9.17, 15) is 9.18 Å². The molecular formula is C15H15FN2O2. The molecule has 0 bridgehead atoms. The van der Waals surface area contributed by atoms with Crippen LogP contribution in [-0.4, -0.2) is 17.5 Å². The number of hydrogen-bond donors (Lipinski definition) is 1. The van der Waals surface area contributed by atoms with Crippen LogP contribution in [0.5, 0.6) is 0 Å². The highest BCUT2D eigenvalue weighted by Gasteiger charge is 2.33. The largest absolute Gasteiger partial charge is 0.385 e. The third-order valence-electron chi connectivity index (χ3n) is 3.38. The predicted molar refractivity (Wildman–Crippen MR) is 72.5 cm³/mol. The zero-order valence-electron chi connectivity index (χ0n) is 11.1. The van der Waals surface area contributed by atoms with Crippen molar-refractivity contribution >= 4 is 11.5 Å². The molecule has 104 valence electrons. The maximum absolute atomic E-state index is 13.3. The molecule has 0 atom stereocenters. The fourth-order valence-corrected chi connectivity index (χ4v) is 2.26. The molecule has 0 spiro atoms. The lowest BCUT2D eigenvalue weighted by Crippen LogP contribution is -2.09. The van der Waals surface area contributed by atoms with Gasteiger partial charge in [-0.3, -0.25) is 4.79 Å². The summed E-state index contributed by atoms with van der Waals surface area (Å²) in [6, 6.07) is 4.12. The topological polar surface area (TPSA) is 55.1 Å². The standard InChI is InChI=1S/C15H15FN2O2/c1-2-17-13-7-10(16)5-6-11(13)14(19)12-8-18-20-15(12)9-3-4-9/h5-9,17H,2-4H2,1H3. The highest BCUT2D eigenvalue weighted by Crippen LogP contribution is 2.42. The highest BCUT2D eigenvalue weighted by molar-refractivity contribution is 6.12. The third-order valence-corrected chi connectivity index (χ3v) is 3.38. The second-order valence-corrected chi connectivity index (χ2v) is 4.93. The van der Waals surface area contributed by atoms with Crippen LogP contribution >= 0.6 is 0 Å². The fourth-order valence-electron chi connectivity index (χ4n) is 2.26. The van der Waals surface area contributed by atoms with Gasteiger partial charge in [0.2, 0.25) is 0 Å². The van der Waals surface area contributed by atoms with E-state index in [4.69, 9.17) is 4.52 Å². The van der Waals surface area contributed by atoms with Crippen molar-refractivity contribution in [3.63, 3.8) is 0 Å². The zero-order chi connectivity index (χ0) is 14.1. The minimum atomic E-state index is -0.370. The number of halogens is 1. The normalized spacial score (nSPS) is 14.3. The zero-order valence-corrected chi connectivity index (χ0v) is 11.1. The lowest BCUT2D eigenvalue weighted by molar-refractivity contribution is 0.103. The fraction of sp³-hybridized carbons (Fsp3) is 0.333. The lowest BCUT2D eigenvalue weighted by atomic mass is 10.0. The van der Waals surface area contributed by atoms with Crippen molar-refractivity contribution in [1.29, 1.82) is 0 Å². The Hall–Kier alpha value is -2.17. The summed E-state index contributed by atoms with van der Waals surface area (Å²) in [6.45, 7) is 2.51. The molecule has 1 heterocycles. The average molecular weight is 274 g/mol. The molecule has 0 saturated heterocycles. The monoisotopic (exact) mass is 274 g/mol. The summed E-state index contributed by atoms with van der Waals surface area (Å²) in [5.74, 6) is 0.413. The van der Waals surface area contributed by atoms with Gasteiger partial charge in [0.05, 0.1) is 11.8 Å². The molecule has 1 aliphatic carbocycles. The van der Waals surface area contributed by atoms with Crippen molar-refractivity contribution in [2.24, 2.45) is 0 Å². The number of aromatic nitrogens is 1. The lowest BCUT2D eigenvalue weighted by Gasteiger charge is -2.09. The molecule has 0 radical (unpaired) electrons. The molecule has 0 amide bonds. The molecule has 1 fully saturated rings. The maximum Gasteiger partial charge on any atom is 0.200 e. The summed E-state index contributed by atoms with van der Waals surface area (Å²) in [6.07, 6.45) is 3.51. The summed E-state index contributed by atoms with van der Waals surface area (Å²) in [5.41, 5.74) is 1.43. The van der Waals surface area contributed by atoms with Crippen LogP contribution in [-0.2, 0) is 0 Å². The van der Waals surface area contributed by atoms with Gasteiger partial charge in [-0.2, -0.15) is 0 Å². The summed E-state index contributed by atoms with van der Waals surface area (Å²) in [4.78, 5) is 12.6. The van der Waals surface area contributed by atoms with Gasteiger partial charge >= 0.3 is 0 Å². The second-order valence-electron chi connectivity index (χ2n) is 4.93. The number of benzene rings is 1. The first-order valence-electron chi connectivity index (χ1n) is 6.73. The number of hydrogen-bond acceptors (Lipinski definition) is 4. The van der Waals surface area contributed by atoms with E-state index in [1.807, 2.05) is 6.92 Å². The van der Waals surface area contributed by atoms with Gasteiger partial charge in [0.15, 0.2) is 11.5 Å². The van der Waals surface area contributed by atoms with Crippen LogP contribution in [0.15, 0.2) is 28.9 Å². The first-order chi connectivity index (χ1) is 9.70. The number of rotatable bonds is 5. The van der Waals surface area contributed by atoms with Crippen molar-refractivity contribution in [2.45, 2.75) is 25.7 Å². The molecular weight excluding hydrogens is 259 g/mol. The van der Waals surface area contributed by atoms with E-state index in [0.717, 1.165) is 12.8 Å². The summed E-state index contributed by atoms with van der Waals surface area (Å²) >= 11 is 0. The highest BCUT2D eigenvalue weighted by atomic mass is 19.1. The van der Waals surface area contributed by atoms with E-state index < -0.39 is 0 Å². The van der Waals surface area contributed by atoms with Crippen molar-refractivity contribution in [2.75, 3.05) is 11.9 Å². The molecule has 4 nitrogen and oxygen atoms in total. The molecule has 1 aliphatic rings. The molecule has 5 heteroatoms. The quantitative estimate of drug-likeness (QED) is 0.849. The Morgan fingerprint density at radius 1 is 1.45 bits per heavy atom. The van der Waals surface area contributed by atoms with E-state index in [-0.39, 0.29) is 11.6 Å². The van der Waals surface area contributed by atoms with Crippen LogP contribution in [0.4, 0.5) is 10.1 Å². The van der Waals surface area contributed by atoms with Crippen molar-refractivity contribution in [1.82, 2.24) is 5.16 Å².